The van der Waals surface area contributed by atoms with Crippen LogP contribution in [0.5, 0.6) is 0 Å². The second-order valence-electron chi connectivity index (χ2n) is 4.80. The van der Waals surface area contributed by atoms with Crippen molar-refractivity contribution in [2.45, 2.75) is 12.8 Å². The Bertz CT molecular complexity index is 267. The molecular formula is C13H22N2O2. The van der Waals surface area contributed by atoms with Crippen LogP contribution >= 0.6 is 0 Å². The third-order valence-corrected chi connectivity index (χ3v) is 3.64. The van der Waals surface area contributed by atoms with Gasteiger partial charge in [-0.3, -0.25) is 9.69 Å². The van der Waals surface area contributed by atoms with Gasteiger partial charge in [0.05, 0.1) is 0 Å². The Morgan fingerprint density at radius 3 is 2.47 bits per heavy atom. The largest absolute Gasteiger partial charge is 0.381 e. The fourth-order valence-electron chi connectivity index (χ4n) is 2.54. The molecule has 0 spiro atoms. The molecule has 96 valence electrons. The van der Waals surface area contributed by atoms with Gasteiger partial charge in [0.25, 0.3) is 0 Å². The van der Waals surface area contributed by atoms with Gasteiger partial charge in [0.1, 0.15) is 0 Å². The summed E-state index contributed by atoms with van der Waals surface area (Å²) >= 11 is 0. The normalized spacial score (nSPS) is 23.6. The molecule has 0 aromatic rings. The zero-order chi connectivity index (χ0) is 12.1. The average Bonchev–Trinajstić information content (AvgIpc) is 2.40. The number of carbonyl (C=O) groups excluding carboxylic acids is 1. The Labute approximate surface area is 103 Å². The molecule has 0 unspecified atom stereocenters. The molecule has 2 fully saturated rings. The Balaban J connectivity index is 1.79. The van der Waals surface area contributed by atoms with Crippen LogP contribution in [-0.4, -0.2) is 61.6 Å². The summed E-state index contributed by atoms with van der Waals surface area (Å²) in [5.41, 5.74) is 0. The van der Waals surface area contributed by atoms with Crippen LogP contribution in [0.25, 0.3) is 0 Å². The third-order valence-electron chi connectivity index (χ3n) is 3.64. The van der Waals surface area contributed by atoms with Crippen molar-refractivity contribution in [1.29, 1.82) is 0 Å². The van der Waals surface area contributed by atoms with Crippen molar-refractivity contribution in [2.24, 2.45) is 5.92 Å². The lowest BCUT2D eigenvalue weighted by Crippen LogP contribution is -2.50. The average molecular weight is 238 g/mol. The van der Waals surface area contributed by atoms with Gasteiger partial charge in [0.2, 0.25) is 5.91 Å². The van der Waals surface area contributed by atoms with Crippen molar-refractivity contribution in [3.8, 4) is 0 Å². The van der Waals surface area contributed by atoms with Gasteiger partial charge in [-0.2, -0.15) is 0 Å². The van der Waals surface area contributed by atoms with Crippen molar-refractivity contribution in [1.82, 2.24) is 9.80 Å². The van der Waals surface area contributed by atoms with Gasteiger partial charge in [-0.15, -0.1) is 6.58 Å². The zero-order valence-electron chi connectivity index (χ0n) is 10.4. The van der Waals surface area contributed by atoms with E-state index < -0.39 is 0 Å². The van der Waals surface area contributed by atoms with Gasteiger partial charge in [-0.25, -0.2) is 0 Å². The minimum absolute atomic E-state index is 0.203. The van der Waals surface area contributed by atoms with E-state index >= 15 is 0 Å². The molecule has 0 saturated carbocycles. The van der Waals surface area contributed by atoms with Crippen LogP contribution in [0.15, 0.2) is 12.7 Å². The molecule has 4 nitrogen and oxygen atoms in total. The van der Waals surface area contributed by atoms with Crippen LogP contribution in [0.3, 0.4) is 0 Å². The summed E-state index contributed by atoms with van der Waals surface area (Å²) in [5, 5.41) is 0. The molecule has 0 N–H and O–H groups in total. The van der Waals surface area contributed by atoms with Crippen LogP contribution in [-0.2, 0) is 9.53 Å². The Kier molecular flexibility index (Phi) is 4.57. The predicted octanol–water partition coefficient (Wildman–Crippen LogP) is 0.743. The number of carbonyl (C=O) groups is 1. The van der Waals surface area contributed by atoms with Crippen molar-refractivity contribution in [2.75, 3.05) is 45.9 Å². The molecule has 0 radical (unpaired) electrons. The van der Waals surface area contributed by atoms with E-state index in [0.717, 1.165) is 58.8 Å². The van der Waals surface area contributed by atoms with E-state index in [1.54, 1.807) is 0 Å². The van der Waals surface area contributed by atoms with Crippen LogP contribution in [0.4, 0.5) is 0 Å². The molecule has 1 amide bonds. The van der Waals surface area contributed by atoms with E-state index in [1.165, 1.54) is 0 Å². The molecule has 0 aromatic carbocycles. The molecule has 0 bridgehead atoms. The molecule has 2 heterocycles. The second kappa shape index (κ2) is 6.17. The molecule has 17 heavy (non-hydrogen) atoms. The van der Waals surface area contributed by atoms with Gasteiger partial charge in [0, 0.05) is 51.9 Å². The van der Waals surface area contributed by atoms with Crippen molar-refractivity contribution in [3.05, 3.63) is 12.7 Å². The summed E-state index contributed by atoms with van der Waals surface area (Å²) < 4.78 is 5.30. The highest BCUT2D eigenvalue weighted by Gasteiger charge is 2.28. The molecule has 0 aromatic heterocycles. The highest BCUT2D eigenvalue weighted by atomic mass is 16.5. The summed E-state index contributed by atoms with van der Waals surface area (Å²) in [4.78, 5) is 16.6. The van der Waals surface area contributed by atoms with Gasteiger partial charge >= 0.3 is 0 Å². The molecule has 4 heteroatoms. The van der Waals surface area contributed by atoms with E-state index in [0.29, 0.717) is 5.91 Å². The molecule has 0 atom stereocenters. The quantitative estimate of drug-likeness (QED) is 0.680. The maximum atomic E-state index is 12.2. The fourth-order valence-corrected chi connectivity index (χ4v) is 2.54. The fraction of sp³-hybridized carbons (Fsp3) is 0.769. The number of amides is 1. The van der Waals surface area contributed by atoms with Gasteiger partial charge in [0.15, 0.2) is 0 Å². The van der Waals surface area contributed by atoms with E-state index in [-0.39, 0.29) is 5.92 Å². The molecular weight excluding hydrogens is 216 g/mol. The predicted molar refractivity (Wildman–Crippen MR) is 66.8 cm³/mol. The van der Waals surface area contributed by atoms with Crippen LogP contribution in [0.1, 0.15) is 12.8 Å². The maximum absolute atomic E-state index is 12.2. The number of piperazine rings is 1. The van der Waals surface area contributed by atoms with E-state index in [2.05, 4.69) is 11.5 Å². The molecule has 0 aliphatic carbocycles. The first-order valence-corrected chi connectivity index (χ1v) is 6.51. The monoisotopic (exact) mass is 238 g/mol. The van der Waals surface area contributed by atoms with E-state index in [4.69, 9.17) is 4.74 Å². The van der Waals surface area contributed by atoms with Crippen LogP contribution < -0.4 is 0 Å². The van der Waals surface area contributed by atoms with Crippen LogP contribution in [0, 0.1) is 5.92 Å². The summed E-state index contributed by atoms with van der Waals surface area (Å²) in [6.07, 6.45) is 3.72. The minimum Gasteiger partial charge on any atom is -0.381 e. The first-order chi connectivity index (χ1) is 8.31. The number of rotatable bonds is 3. The Morgan fingerprint density at radius 2 is 1.88 bits per heavy atom. The smallest absolute Gasteiger partial charge is 0.225 e. The Morgan fingerprint density at radius 1 is 1.24 bits per heavy atom. The number of hydrogen-bond donors (Lipinski definition) is 0. The van der Waals surface area contributed by atoms with Crippen molar-refractivity contribution < 1.29 is 9.53 Å². The SMILES string of the molecule is C=CCN1CCN(C(=O)C2CCOCC2)CC1. The van der Waals surface area contributed by atoms with Gasteiger partial charge in [-0.05, 0) is 12.8 Å². The molecule has 2 saturated heterocycles. The van der Waals surface area contributed by atoms with Gasteiger partial charge < -0.3 is 9.64 Å². The van der Waals surface area contributed by atoms with Crippen molar-refractivity contribution >= 4 is 5.91 Å². The van der Waals surface area contributed by atoms with E-state index in [9.17, 15) is 4.79 Å². The Hall–Kier alpha value is -0.870. The number of nitrogens with zero attached hydrogens (tertiary/aromatic N) is 2. The topological polar surface area (TPSA) is 32.8 Å². The molecule has 2 aliphatic rings. The summed E-state index contributed by atoms with van der Waals surface area (Å²) in [7, 11) is 0. The summed E-state index contributed by atoms with van der Waals surface area (Å²) in [6.45, 7) is 9.84. The highest BCUT2D eigenvalue weighted by molar-refractivity contribution is 5.79. The maximum Gasteiger partial charge on any atom is 0.225 e. The lowest BCUT2D eigenvalue weighted by atomic mass is 9.98. The molecule has 2 aliphatic heterocycles. The zero-order valence-corrected chi connectivity index (χ0v) is 10.4. The highest BCUT2D eigenvalue weighted by Crippen LogP contribution is 2.18. The first-order valence-electron chi connectivity index (χ1n) is 6.51. The minimum atomic E-state index is 0.203. The standard InChI is InChI=1S/C13H22N2O2/c1-2-5-14-6-8-15(9-7-14)13(16)12-3-10-17-11-4-12/h2,12H,1,3-11H2. The number of ether oxygens (including phenoxy) is 1. The van der Waals surface area contributed by atoms with E-state index in [1.807, 2.05) is 11.0 Å². The first kappa shape index (κ1) is 12.6. The van der Waals surface area contributed by atoms with Crippen LogP contribution in [0.2, 0.25) is 0 Å². The third kappa shape index (κ3) is 3.30. The second-order valence-corrected chi connectivity index (χ2v) is 4.80. The van der Waals surface area contributed by atoms with Crippen molar-refractivity contribution in [3.63, 3.8) is 0 Å². The molecule has 2 rings (SSSR count). The lowest BCUT2D eigenvalue weighted by molar-refractivity contribution is -0.140. The van der Waals surface area contributed by atoms with Gasteiger partial charge in [-0.1, -0.05) is 6.08 Å². The summed E-state index contributed by atoms with van der Waals surface area (Å²) in [5.74, 6) is 0.543. The number of hydrogen-bond acceptors (Lipinski definition) is 3. The summed E-state index contributed by atoms with van der Waals surface area (Å²) in [6, 6.07) is 0. The lowest BCUT2D eigenvalue weighted by Gasteiger charge is -2.36.